The number of esters is 1. The topological polar surface area (TPSA) is 81.0 Å². The standard InChI is InChI=1S/C14H19N3O2/c1-14(2,3)19-13(18)11(15)7-9-8-17-12-10(9)5-4-6-16-12/h4-6,8,11H,7,15H2,1-3H3,(H,16,17)/t11-/m1/s1. The molecule has 2 aromatic rings. The van der Waals surface area contributed by atoms with Gasteiger partial charge in [0.25, 0.3) is 0 Å². The second-order valence-electron chi connectivity index (χ2n) is 5.56. The number of fused-ring (bicyclic) bond motifs is 1. The van der Waals surface area contributed by atoms with Crippen LogP contribution in [0.1, 0.15) is 26.3 Å². The Bertz CT molecular complexity index is 584. The quantitative estimate of drug-likeness (QED) is 0.825. The molecule has 0 bridgehead atoms. The van der Waals surface area contributed by atoms with E-state index in [0.29, 0.717) is 6.42 Å². The first-order chi connectivity index (χ1) is 8.87. The van der Waals surface area contributed by atoms with Gasteiger partial charge >= 0.3 is 5.97 Å². The molecule has 2 heterocycles. The Hall–Kier alpha value is -1.88. The fourth-order valence-electron chi connectivity index (χ4n) is 1.88. The van der Waals surface area contributed by atoms with Crippen LogP contribution in [0.3, 0.4) is 0 Å². The average Bonchev–Trinajstić information content (AvgIpc) is 2.70. The number of nitrogens with one attached hydrogen (secondary N) is 1. The van der Waals surface area contributed by atoms with Crippen molar-refractivity contribution in [1.29, 1.82) is 0 Å². The number of carbonyl (C=O) groups excluding carboxylic acids is 1. The fourth-order valence-corrected chi connectivity index (χ4v) is 1.88. The maximum Gasteiger partial charge on any atom is 0.323 e. The predicted molar refractivity (Wildman–Crippen MR) is 73.6 cm³/mol. The number of nitrogens with two attached hydrogens (primary N) is 1. The SMILES string of the molecule is CC(C)(C)OC(=O)[C@H](N)Cc1c[nH]c2ncccc12. The molecule has 3 N–H and O–H groups in total. The fraction of sp³-hybridized carbons (Fsp3) is 0.429. The number of aromatic nitrogens is 2. The third-order valence-electron chi connectivity index (χ3n) is 2.69. The summed E-state index contributed by atoms with van der Waals surface area (Å²) in [4.78, 5) is 19.1. The molecule has 0 fully saturated rings. The average molecular weight is 261 g/mol. The van der Waals surface area contributed by atoms with Gasteiger partial charge in [0, 0.05) is 24.2 Å². The highest BCUT2D eigenvalue weighted by molar-refractivity contribution is 5.82. The highest BCUT2D eigenvalue weighted by atomic mass is 16.6. The van der Waals surface area contributed by atoms with Crippen molar-refractivity contribution in [3.8, 4) is 0 Å². The summed E-state index contributed by atoms with van der Waals surface area (Å²) in [6.07, 6.45) is 3.99. The van der Waals surface area contributed by atoms with Crippen LogP contribution in [0, 0.1) is 0 Å². The van der Waals surface area contributed by atoms with Crippen LogP contribution in [0.2, 0.25) is 0 Å². The first kappa shape index (κ1) is 13.5. The van der Waals surface area contributed by atoms with Gasteiger partial charge in [-0.2, -0.15) is 0 Å². The van der Waals surface area contributed by atoms with E-state index >= 15 is 0 Å². The Morgan fingerprint density at radius 1 is 1.53 bits per heavy atom. The van der Waals surface area contributed by atoms with E-state index in [1.54, 1.807) is 6.20 Å². The van der Waals surface area contributed by atoms with E-state index in [-0.39, 0.29) is 5.97 Å². The maximum atomic E-state index is 11.8. The molecule has 102 valence electrons. The summed E-state index contributed by atoms with van der Waals surface area (Å²) < 4.78 is 5.27. The van der Waals surface area contributed by atoms with Crippen molar-refractivity contribution in [1.82, 2.24) is 9.97 Å². The van der Waals surface area contributed by atoms with Crippen LogP contribution < -0.4 is 5.73 Å². The Labute approximate surface area is 112 Å². The molecule has 0 radical (unpaired) electrons. The summed E-state index contributed by atoms with van der Waals surface area (Å²) in [5.41, 5.74) is 7.15. The number of pyridine rings is 1. The van der Waals surface area contributed by atoms with Crippen molar-refractivity contribution >= 4 is 17.0 Å². The van der Waals surface area contributed by atoms with Crippen LogP contribution in [-0.2, 0) is 16.0 Å². The summed E-state index contributed by atoms with van der Waals surface area (Å²) in [6, 6.07) is 3.15. The number of ether oxygens (including phenoxy) is 1. The van der Waals surface area contributed by atoms with Crippen molar-refractivity contribution in [2.24, 2.45) is 5.73 Å². The summed E-state index contributed by atoms with van der Waals surface area (Å²) in [7, 11) is 0. The van der Waals surface area contributed by atoms with Crippen molar-refractivity contribution in [2.75, 3.05) is 0 Å². The molecular formula is C14H19N3O2. The Kier molecular flexibility index (Phi) is 3.57. The van der Waals surface area contributed by atoms with Gasteiger partial charge in [0.15, 0.2) is 0 Å². The lowest BCUT2D eigenvalue weighted by molar-refractivity contribution is -0.156. The minimum absolute atomic E-state index is 0.384. The minimum atomic E-state index is -0.668. The van der Waals surface area contributed by atoms with Gasteiger partial charge in [-0.3, -0.25) is 4.79 Å². The number of nitrogens with zero attached hydrogens (tertiary/aromatic N) is 1. The lowest BCUT2D eigenvalue weighted by Gasteiger charge is -2.22. The zero-order chi connectivity index (χ0) is 14.0. The first-order valence-electron chi connectivity index (χ1n) is 6.26. The van der Waals surface area contributed by atoms with E-state index in [2.05, 4.69) is 9.97 Å². The van der Waals surface area contributed by atoms with Crippen LogP contribution in [-0.4, -0.2) is 27.6 Å². The largest absolute Gasteiger partial charge is 0.459 e. The van der Waals surface area contributed by atoms with Crippen LogP contribution in [0.25, 0.3) is 11.0 Å². The lowest BCUT2D eigenvalue weighted by Crippen LogP contribution is -2.38. The molecule has 0 aliphatic carbocycles. The van der Waals surface area contributed by atoms with E-state index in [4.69, 9.17) is 10.5 Å². The predicted octanol–water partition coefficient (Wildman–Crippen LogP) is 1.77. The molecule has 0 amide bonds. The third-order valence-corrected chi connectivity index (χ3v) is 2.69. The highest BCUT2D eigenvalue weighted by Gasteiger charge is 2.23. The molecule has 1 atom stereocenters. The van der Waals surface area contributed by atoms with Gasteiger partial charge in [0.05, 0.1) is 0 Å². The molecule has 0 saturated carbocycles. The molecule has 19 heavy (non-hydrogen) atoms. The zero-order valence-corrected chi connectivity index (χ0v) is 11.4. The third kappa shape index (κ3) is 3.32. The maximum absolute atomic E-state index is 11.8. The number of aromatic amines is 1. The molecule has 2 rings (SSSR count). The first-order valence-corrected chi connectivity index (χ1v) is 6.26. The van der Waals surface area contributed by atoms with Gasteiger partial charge in [-0.1, -0.05) is 0 Å². The molecule has 0 aliphatic rings. The second kappa shape index (κ2) is 5.01. The summed E-state index contributed by atoms with van der Waals surface area (Å²) in [5, 5.41) is 0.988. The molecule has 0 aromatic carbocycles. The van der Waals surface area contributed by atoms with Crippen molar-refractivity contribution in [3.63, 3.8) is 0 Å². The van der Waals surface area contributed by atoms with Crippen LogP contribution in [0.15, 0.2) is 24.5 Å². The normalized spacial score (nSPS) is 13.5. The van der Waals surface area contributed by atoms with Crippen LogP contribution in [0.4, 0.5) is 0 Å². The summed E-state index contributed by atoms with van der Waals surface area (Å²) in [6.45, 7) is 5.48. The Balaban J connectivity index is 2.10. The van der Waals surface area contributed by atoms with E-state index in [0.717, 1.165) is 16.6 Å². The molecular weight excluding hydrogens is 242 g/mol. The van der Waals surface area contributed by atoms with Gasteiger partial charge in [-0.15, -0.1) is 0 Å². The molecule has 0 aliphatic heterocycles. The van der Waals surface area contributed by atoms with Crippen molar-refractivity contribution in [2.45, 2.75) is 38.8 Å². The Morgan fingerprint density at radius 2 is 2.26 bits per heavy atom. The van der Waals surface area contributed by atoms with Gasteiger partial charge in [0.1, 0.15) is 17.3 Å². The minimum Gasteiger partial charge on any atom is -0.459 e. The number of carbonyl (C=O) groups is 1. The van der Waals surface area contributed by atoms with Gasteiger partial charge in [-0.05, 0) is 38.5 Å². The van der Waals surface area contributed by atoms with Crippen molar-refractivity contribution < 1.29 is 9.53 Å². The molecule has 5 nitrogen and oxygen atoms in total. The highest BCUT2D eigenvalue weighted by Crippen LogP contribution is 2.18. The number of hydrogen-bond donors (Lipinski definition) is 2. The van der Waals surface area contributed by atoms with Crippen LogP contribution in [0.5, 0.6) is 0 Å². The molecule has 2 aromatic heterocycles. The Morgan fingerprint density at radius 3 is 2.95 bits per heavy atom. The number of H-pyrrole nitrogens is 1. The van der Waals surface area contributed by atoms with Gasteiger partial charge < -0.3 is 15.5 Å². The number of rotatable bonds is 3. The molecule has 0 unspecified atom stereocenters. The second-order valence-corrected chi connectivity index (χ2v) is 5.56. The monoisotopic (exact) mass is 261 g/mol. The zero-order valence-electron chi connectivity index (χ0n) is 11.4. The summed E-state index contributed by atoms with van der Waals surface area (Å²) in [5.74, 6) is -0.384. The smallest absolute Gasteiger partial charge is 0.323 e. The van der Waals surface area contributed by atoms with Gasteiger partial charge in [0.2, 0.25) is 0 Å². The van der Waals surface area contributed by atoms with E-state index in [1.165, 1.54) is 0 Å². The van der Waals surface area contributed by atoms with Gasteiger partial charge in [-0.25, -0.2) is 4.98 Å². The van der Waals surface area contributed by atoms with E-state index < -0.39 is 11.6 Å². The van der Waals surface area contributed by atoms with Crippen molar-refractivity contribution in [3.05, 3.63) is 30.1 Å². The molecule has 0 spiro atoms. The molecule has 0 saturated heterocycles. The number of hydrogen-bond acceptors (Lipinski definition) is 4. The lowest BCUT2D eigenvalue weighted by atomic mass is 10.1. The van der Waals surface area contributed by atoms with Crippen LogP contribution >= 0.6 is 0 Å². The summed E-state index contributed by atoms with van der Waals surface area (Å²) >= 11 is 0. The van der Waals surface area contributed by atoms with E-state index in [1.807, 2.05) is 39.1 Å². The molecule has 5 heteroatoms. The van der Waals surface area contributed by atoms with E-state index in [9.17, 15) is 4.79 Å².